The number of nitrogens with zero attached hydrogens (tertiary/aromatic N) is 5. The van der Waals surface area contributed by atoms with Crippen LogP contribution in [0, 0.1) is 5.82 Å². The highest BCUT2D eigenvalue weighted by molar-refractivity contribution is 7.86. The van der Waals surface area contributed by atoms with Crippen LogP contribution >= 0.6 is 0 Å². The zero-order valence-corrected chi connectivity index (χ0v) is 29.7. The van der Waals surface area contributed by atoms with Crippen LogP contribution in [0.25, 0.3) is 27.7 Å². The third-order valence-electron chi connectivity index (χ3n) is 6.97. The van der Waals surface area contributed by atoms with Gasteiger partial charge in [0, 0.05) is 58.1 Å². The number of ether oxygens (including phenoxy) is 2. The van der Waals surface area contributed by atoms with Crippen LogP contribution in [0.4, 0.5) is 10.2 Å². The molecule has 4 rings (SSSR count). The quantitative estimate of drug-likeness (QED) is 0.0606. The lowest BCUT2D eigenvalue weighted by Crippen LogP contribution is -2.33. The van der Waals surface area contributed by atoms with Crippen LogP contribution in [0.3, 0.4) is 0 Å². The summed E-state index contributed by atoms with van der Waals surface area (Å²) in [6.07, 6.45) is 3.51. The van der Waals surface area contributed by atoms with Crippen molar-refractivity contribution in [1.29, 1.82) is 0 Å². The number of anilines is 1. The molecule has 10 nitrogen and oxygen atoms in total. The van der Waals surface area contributed by atoms with Crippen molar-refractivity contribution in [1.82, 2.24) is 19.6 Å². The number of fused-ring (bicyclic) bond motifs is 2. The molecule has 3 heterocycles. The Balaban J connectivity index is 1.79. The second kappa shape index (κ2) is 13.7. The van der Waals surface area contributed by atoms with Gasteiger partial charge in [-0.05, 0) is 43.3 Å². The Morgan fingerprint density at radius 1 is 0.955 bits per heavy atom. The van der Waals surface area contributed by atoms with E-state index in [-0.39, 0.29) is 19.3 Å². The number of benzene rings is 1. The van der Waals surface area contributed by atoms with Crippen LogP contribution < -0.4 is 4.90 Å². The first-order valence-electron chi connectivity index (χ1n) is 14.7. The topological polar surface area (TPSA) is 108 Å². The SMILES string of the molecule is CC(OS(C)(=O)=O)c1cc(N(COCC[Si](C)(C)C)COCC[Si](C)(C)C)n2ncc(-c3cnc4ccc(F)cc4c3)c2n1. The minimum Gasteiger partial charge on any atom is -0.361 e. The van der Waals surface area contributed by atoms with Crippen molar-refractivity contribution >= 4 is 48.6 Å². The van der Waals surface area contributed by atoms with Crippen LogP contribution in [0.15, 0.2) is 42.7 Å². The van der Waals surface area contributed by atoms with Crippen molar-refractivity contribution in [3.05, 3.63) is 54.2 Å². The van der Waals surface area contributed by atoms with E-state index in [0.717, 1.165) is 18.3 Å². The van der Waals surface area contributed by atoms with E-state index in [4.69, 9.17) is 18.6 Å². The molecule has 4 aromatic rings. The molecule has 0 amide bonds. The Labute approximate surface area is 261 Å². The number of hydrogen-bond acceptors (Lipinski definition) is 9. The molecule has 1 aromatic carbocycles. The minimum absolute atomic E-state index is 0.239. The number of pyridine rings is 1. The summed E-state index contributed by atoms with van der Waals surface area (Å²) in [6.45, 7) is 17.2. The summed E-state index contributed by atoms with van der Waals surface area (Å²) >= 11 is 0. The smallest absolute Gasteiger partial charge is 0.265 e. The Morgan fingerprint density at radius 2 is 1.59 bits per heavy atom. The maximum atomic E-state index is 14.0. The monoisotopic (exact) mass is 661 g/mol. The van der Waals surface area contributed by atoms with Gasteiger partial charge >= 0.3 is 0 Å². The average molecular weight is 662 g/mol. The summed E-state index contributed by atoms with van der Waals surface area (Å²) in [4.78, 5) is 11.2. The van der Waals surface area contributed by atoms with Crippen molar-refractivity contribution in [2.24, 2.45) is 0 Å². The predicted octanol–water partition coefficient (Wildman–Crippen LogP) is 6.55. The number of aromatic nitrogens is 4. The molecule has 44 heavy (non-hydrogen) atoms. The van der Waals surface area contributed by atoms with Crippen LogP contribution in [-0.4, -0.2) is 77.1 Å². The molecule has 0 bridgehead atoms. The number of hydrogen-bond donors (Lipinski definition) is 0. The number of halogens is 1. The summed E-state index contributed by atoms with van der Waals surface area (Å²) in [5.41, 5.74) is 2.86. The van der Waals surface area contributed by atoms with Crippen LogP contribution in [-0.2, 0) is 23.8 Å². The van der Waals surface area contributed by atoms with E-state index in [1.165, 1.54) is 12.1 Å². The molecule has 0 fully saturated rings. The van der Waals surface area contributed by atoms with Gasteiger partial charge in [-0.3, -0.25) is 9.17 Å². The van der Waals surface area contributed by atoms with Gasteiger partial charge in [-0.1, -0.05) is 39.3 Å². The summed E-state index contributed by atoms with van der Waals surface area (Å²) in [6, 6.07) is 10.1. The van der Waals surface area contributed by atoms with Crippen LogP contribution in [0.2, 0.25) is 51.4 Å². The molecule has 0 saturated heterocycles. The molecule has 0 N–H and O–H groups in total. The van der Waals surface area contributed by atoms with Gasteiger partial charge in [-0.25, -0.2) is 9.37 Å². The first-order chi connectivity index (χ1) is 20.5. The van der Waals surface area contributed by atoms with Gasteiger partial charge in [0.05, 0.1) is 23.7 Å². The van der Waals surface area contributed by atoms with E-state index in [1.807, 2.05) is 11.0 Å². The zero-order chi connectivity index (χ0) is 32.3. The van der Waals surface area contributed by atoms with E-state index in [9.17, 15) is 12.8 Å². The van der Waals surface area contributed by atoms with Gasteiger partial charge in [0.25, 0.3) is 10.1 Å². The third-order valence-corrected chi connectivity index (χ3v) is 11.0. The first kappa shape index (κ1) is 34.1. The summed E-state index contributed by atoms with van der Waals surface area (Å²) in [5.74, 6) is 0.255. The fourth-order valence-corrected chi connectivity index (χ4v) is 6.58. The van der Waals surface area contributed by atoms with Crippen LogP contribution in [0.1, 0.15) is 18.7 Å². The third kappa shape index (κ3) is 9.62. The Hall–Kier alpha value is -2.76. The molecule has 14 heteroatoms. The van der Waals surface area contributed by atoms with Gasteiger partial charge < -0.3 is 14.4 Å². The van der Waals surface area contributed by atoms with Gasteiger partial charge in [-0.2, -0.15) is 18.0 Å². The fourth-order valence-electron chi connectivity index (χ4n) is 4.44. The standard InChI is InChI=1S/C30H44FN5O5SSi2/c1-22(41-42(2,37)38)28-17-29(35(20-39-11-13-43(3,4)5)21-40-12-14-44(6,7)8)36-30(34-28)26(19-33-36)24-15-23-16-25(31)9-10-27(23)32-18-24/h9-10,15-19,22H,11-14,20-21H2,1-8H3. The molecule has 3 aromatic heterocycles. The van der Waals surface area contributed by atoms with Crippen LogP contribution in [0.5, 0.6) is 0 Å². The molecule has 0 aliphatic heterocycles. The molecule has 0 aliphatic rings. The summed E-state index contributed by atoms with van der Waals surface area (Å²) in [7, 11) is -6.38. The normalized spacial score (nSPS) is 13.6. The zero-order valence-electron chi connectivity index (χ0n) is 26.9. The van der Waals surface area contributed by atoms with Gasteiger partial charge in [0.1, 0.15) is 31.2 Å². The maximum Gasteiger partial charge on any atom is 0.265 e. The second-order valence-electron chi connectivity index (χ2n) is 13.6. The van der Waals surface area contributed by atoms with E-state index < -0.39 is 32.4 Å². The molecule has 0 aliphatic carbocycles. The first-order valence-corrected chi connectivity index (χ1v) is 24.0. The van der Waals surface area contributed by atoms with E-state index in [1.54, 1.807) is 36.0 Å². The van der Waals surface area contributed by atoms with Gasteiger partial charge in [-0.15, -0.1) is 0 Å². The van der Waals surface area contributed by atoms with Crippen molar-refractivity contribution in [2.45, 2.75) is 64.4 Å². The lowest BCUT2D eigenvalue weighted by molar-refractivity contribution is 0.0942. The van der Waals surface area contributed by atoms with Crippen molar-refractivity contribution < 1.29 is 26.5 Å². The largest absolute Gasteiger partial charge is 0.361 e. The minimum atomic E-state index is -3.76. The Kier molecular flexibility index (Phi) is 10.6. The molecule has 1 atom stereocenters. The highest BCUT2D eigenvalue weighted by atomic mass is 32.2. The van der Waals surface area contributed by atoms with Gasteiger partial charge in [0.2, 0.25) is 0 Å². The molecular formula is C30H44FN5O5SSi2. The molecule has 0 spiro atoms. The van der Waals surface area contributed by atoms with Gasteiger partial charge in [0.15, 0.2) is 5.65 Å². The van der Waals surface area contributed by atoms with E-state index in [2.05, 4.69) is 49.4 Å². The highest BCUT2D eigenvalue weighted by Gasteiger charge is 2.23. The van der Waals surface area contributed by atoms with Crippen molar-refractivity contribution in [3.8, 4) is 11.1 Å². The second-order valence-corrected chi connectivity index (χ2v) is 26.4. The maximum absolute atomic E-state index is 14.0. The molecule has 1 unspecified atom stereocenters. The molecule has 0 radical (unpaired) electrons. The lowest BCUT2D eigenvalue weighted by atomic mass is 10.1. The molecular weight excluding hydrogens is 618 g/mol. The predicted molar refractivity (Wildman–Crippen MR) is 178 cm³/mol. The Bertz CT molecular complexity index is 1680. The molecule has 240 valence electrons. The Morgan fingerprint density at radius 3 is 2.18 bits per heavy atom. The van der Waals surface area contributed by atoms with E-state index in [0.29, 0.717) is 52.4 Å². The van der Waals surface area contributed by atoms with E-state index >= 15 is 0 Å². The number of rotatable bonds is 15. The summed E-state index contributed by atoms with van der Waals surface area (Å²) in [5, 5.41) is 5.32. The molecule has 0 saturated carbocycles. The summed E-state index contributed by atoms with van der Waals surface area (Å²) < 4.78 is 57.5. The average Bonchev–Trinajstić information content (AvgIpc) is 3.33. The van der Waals surface area contributed by atoms with Crippen molar-refractivity contribution in [3.63, 3.8) is 0 Å². The fraction of sp³-hybridized carbons (Fsp3) is 0.500. The highest BCUT2D eigenvalue weighted by Crippen LogP contribution is 2.31. The van der Waals surface area contributed by atoms with Crippen molar-refractivity contribution in [2.75, 3.05) is 37.8 Å². The lowest BCUT2D eigenvalue weighted by Gasteiger charge is -2.27.